The van der Waals surface area contributed by atoms with Gasteiger partial charge in [0.05, 0.1) is 0 Å². The Balaban J connectivity index is 1.81. The van der Waals surface area contributed by atoms with E-state index in [-0.39, 0.29) is 6.03 Å². The Kier molecular flexibility index (Phi) is 3.42. The van der Waals surface area contributed by atoms with Crippen molar-refractivity contribution in [3.05, 3.63) is 29.8 Å². The van der Waals surface area contributed by atoms with Crippen molar-refractivity contribution in [1.29, 1.82) is 0 Å². The van der Waals surface area contributed by atoms with Gasteiger partial charge in [-0.2, -0.15) is 0 Å². The van der Waals surface area contributed by atoms with Crippen LogP contribution in [0.25, 0.3) is 0 Å². The second-order valence-corrected chi connectivity index (χ2v) is 5.45. The summed E-state index contributed by atoms with van der Waals surface area (Å²) in [4.78, 5) is 16.6. The number of nitrogens with two attached hydrogens (primary N) is 1. The Bertz CT molecular complexity index is 447. The van der Waals surface area contributed by atoms with Gasteiger partial charge in [0.1, 0.15) is 0 Å². The first-order valence-corrected chi connectivity index (χ1v) is 7.17. The first-order valence-electron chi connectivity index (χ1n) is 7.17. The molecule has 2 fully saturated rings. The van der Waals surface area contributed by atoms with E-state index < -0.39 is 0 Å². The first kappa shape index (κ1) is 12.5. The normalized spacial score (nSPS) is 18.7. The van der Waals surface area contributed by atoms with Crippen molar-refractivity contribution < 1.29 is 4.79 Å². The maximum Gasteiger partial charge on any atom is 0.324 e. The van der Waals surface area contributed by atoms with Gasteiger partial charge in [-0.05, 0) is 43.4 Å². The highest BCUT2D eigenvalue weighted by molar-refractivity contribution is 5.93. The van der Waals surface area contributed by atoms with Crippen LogP contribution < -0.4 is 10.6 Å². The number of carbonyl (C=O) groups excluding carboxylic acids is 1. The Morgan fingerprint density at radius 2 is 1.84 bits per heavy atom. The molecule has 1 aliphatic heterocycles. The molecule has 4 heteroatoms. The summed E-state index contributed by atoms with van der Waals surface area (Å²) in [5.41, 5.74) is 7.73. The van der Waals surface area contributed by atoms with E-state index in [9.17, 15) is 4.79 Å². The maximum absolute atomic E-state index is 12.6. The molecule has 1 aliphatic carbocycles. The van der Waals surface area contributed by atoms with Gasteiger partial charge in [-0.3, -0.25) is 4.90 Å². The third-order valence-electron chi connectivity index (χ3n) is 3.94. The van der Waals surface area contributed by atoms with Gasteiger partial charge in [-0.25, -0.2) is 4.79 Å². The monoisotopic (exact) mass is 259 g/mol. The van der Waals surface area contributed by atoms with Gasteiger partial charge < -0.3 is 10.6 Å². The molecule has 0 unspecified atom stereocenters. The fraction of sp³-hybridized carbons (Fsp3) is 0.533. The Morgan fingerprint density at radius 1 is 1.21 bits per heavy atom. The molecule has 2 N–H and O–H groups in total. The fourth-order valence-corrected chi connectivity index (χ4v) is 2.66. The molecule has 0 radical (unpaired) electrons. The van der Waals surface area contributed by atoms with Gasteiger partial charge in [0.25, 0.3) is 0 Å². The van der Waals surface area contributed by atoms with Gasteiger partial charge in [0, 0.05) is 31.4 Å². The van der Waals surface area contributed by atoms with Crippen LogP contribution in [0.15, 0.2) is 24.3 Å². The van der Waals surface area contributed by atoms with E-state index in [1.807, 2.05) is 34.1 Å². The highest BCUT2D eigenvalue weighted by Gasteiger charge is 2.36. The van der Waals surface area contributed by atoms with Gasteiger partial charge in [-0.1, -0.05) is 12.1 Å². The number of urea groups is 1. The van der Waals surface area contributed by atoms with Crippen molar-refractivity contribution in [3.63, 3.8) is 0 Å². The zero-order valence-electron chi connectivity index (χ0n) is 11.2. The van der Waals surface area contributed by atoms with Crippen LogP contribution in [-0.4, -0.2) is 30.1 Å². The van der Waals surface area contributed by atoms with E-state index in [0.717, 1.165) is 50.0 Å². The highest BCUT2D eigenvalue weighted by atomic mass is 16.2. The second-order valence-electron chi connectivity index (χ2n) is 5.45. The third-order valence-corrected chi connectivity index (χ3v) is 3.94. The number of likely N-dealkylation sites (tertiary alicyclic amines) is 1. The average Bonchev–Trinajstić information content (AvgIpc) is 3.12. The third kappa shape index (κ3) is 2.59. The topological polar surface area (TPSA) is 49.6 Å². The summed E-state index contributed by atoms with van der Waals surface area (Å²) in [6, 6.07) is 8.66. The molecule has 0 aromatic heterocycles. The predicted molar refractivity (Wildman–Crippen MR) is 76.0 cm³/mol. The average molecular weight is 259 g/mol. The van der Waals surface area contributed by atoms with Gasteiger partial charge in [-0.15, -0.1) is 0 Å². The lowest BCUT2D eigenvalue weighted by molar-refractivity contribution is 0.215. The number of amides is 2. The first-order chi connectivity index (χ1) is 9.29. The molecule has 4 nitrogen and oxygen atoms in total. The van der Waals surface area contributed by atoms with Crippen LogP contribution in [0, 0.1) is 0 Å². The molecule has 102 valence electrons. The molecule has 1 saturated carbocycles. The zero-order chi connectivity index (χ0) is 13.2. The van der Waals surface area contributed by atoms with Crippen molar-refractivity contribution in [2.45, 2.75) is 38.3 Å². The summed E-state index contributed by atoms with van der Waals surface area (Å²) >= 11 is 0. The zero-order valence-corrected chi connectivity index (χ0v) is 11.2. The van der Waals surface area contributed by atoms with Crippen molar-refractivity contribution in [1.82, 2.24) is 4.90 Å². The van der Waals surface area contributed by atoms with E-state index in [1.165, 1.54) is 0 Å². The van der Waals surface area contributed by atoms with E-state index in [4.69, 9.17) is 5.73 Å². The molecule has 2 aliphatic rings. The summed E-state index contributed by atoms with van der Waals surface area (Å²) in [5.74, 6) is 0. The summed E-state index contributed by atoms with van der Waals surface area (Å²) in [6.45, 7) is 2.36. The summed E-state index contributed by atoms with van der Waals surface area (Å²) in [6.07, 6.45) is 4.52. The molecule has 0 atom stereocenters. The maximum atomic E-state index is 12.6. The quantitative estimate of drug-likeness (QED) is 0.905. The molecule has 1 heterocycles. The van der Waals surface area contributed by atoms with Gasteiger partial charge in [0.2, 0.25) is 0 Å². The molecule has 0 bridgehead atoms. The fourth-order valence-electron chi connectivity index (χ4n) is 2.66. The number of carbonyl (C=O) groups is 1. The molecule has 3 rings (SSSR count). The Hall–Kier alpha value is -1.55. The van der Waals surface area contributed by atoms with E-state index >= 15 is 0 Å². The van der Waals surface area contributed by atoms with Crippen molar-refractivity contribution >= 4 is 11.7 Å². The molecule has 2 amide bonds. The Morgan fingerprint density at radius 3 is 2.37 bits per heavy atom. The highest BCUT2D eigenvalue weighted by Crippen LogP contribution is 2.33. The van der Waals surface area contributed by atoms with Crippen LogP contribution in [0.2, 0.25) is 0 Å². The summed E-state index contributed by atoms with van der Waals surface area (Å²) in [5, 5.41) is 0. The van der Waals surface area contributed by atoms with Crippen molar-refractivity contribution in [2.24, 2.45) is 5.73 Å². The molecule has 19 heavy (non-hydrogen) atoms. The Labute approximate surface area is 114 Å². The smallest absolute Gasteiger partial charge is 0.324 e. The van der Waals surface area contributed by atoms with Crippen LogP contribution in [0.5, 0.6) is 0 Å². The number of benzene rings is 1. The van der Waals surface area contributed by atoms with Crippen molar-refractivity contribution in [2.75, 3.05) is 18.0 Å². The molecular weight excluding hydrogens is 238 g/mol. The van der Waals surface area contributed by atoms with E-state index in [1.54, 1.807) is 0 Å². The standard InChI is InChI=1S/C15H21N3O/c16-11-12-3-5-13(6-4-12)18(14-7-8-14)15(19)17-9-1-2-10-17/h3-6,14H,1-2,7-11,16H2. The lowest BCUT2D eigenvalue weighted by atomic mass is 10.2. The van der Waals surface area contributed by atoms with E-state index in [2.05, 4.69) is 0 Å². The van der Waals surface area contributed by atoms with E-state index in [0.29, 0.717) is 12.6 Å². The van der Waals surface area contributed by atoms with Crippen molar-refractivity contribution in [3.8, 4) is 0 Å². The predicted octanol–water partition coefficient (Wildman–Crippen LogP) is 2.33. The van der Waals surface area contributed by atoms with Gasteiger partial charge >= 0.3 is 6.03 Å². The number of rotatable bonds is 3. The molecule has 0 spiro atoms. The number of hydrogen-bond acceptors (Lipinski definition) is 2. The lowest BCUT2D eigenvalue weighted by Gasteiger charge is -2.28. The van der Waals surface area contributed by atoms with Crippen LogP contribution in [0.1, 0.15) is 31.2 Å². The van der Waals surface area contributed by atoms with Crippen LogP contribution in [0.3, 0.4) is 0 Å². The minimum Gasteiger partial charge on any atom is -0.326 e. The summed E-state index contributed by atoms with van der Waals surface area (Å²) in [7, 11) is 0. The van der Waals surface area contributed by atoms with Crippen LogP contribution >= 0.6 is 0 Å². The van der Waals surface area contributed by atoms with Crippen LogP contribution in [0.4, 0.5) is 10.5 Å². The molecule has 1 saturated heterocycles. The lowest BCUT2D eigenvalue weighted by Crippen LogP contribution is -2.43. The molecule has 1 aromatic rings. The molecular formula is C15H21N3O. The SMILES string of the molecule is NCc1ccc(N(C(=O)N2CCCC2)C2CC2)cc1. The molecule has 1 aromatic carbocycles. The minimum atomic E-state index is 0.181. The number of hydrogen-bond donors (Lipinski definition) is 1. The van der Waals surface area contributed by atoms with Gasteiger partial charge in [0.15, 0.2) is 0 Å². The second kappa shape index (κ2) is 5.21. The van der Waals surface area contributed by atoms with Crippen LogP contribution in [-0.2, 0) is 6.54 Å². The largest absolute Gasteiger partial charge is 0.326 e. The number of anilines is 1. The minimum absolute atomic E-state index is 0.181. The summed E-state index contributed by atoms with van der Waals surface area (Å²) < 4.78 is 0. The number of nitrogens with zero attached hydrogens (tertiary/aromatic N) is 2.